The SMILES string of the molecule is C=C1CCC[C@H]2[C@](C)(Cc3cc(OC)cc(OC)c3Cl)[C@@H](C)CC[C@]12C. The molecule has 0 radical (unpaired) electrons. The quantitative estimate of drug-likeness (QED) is 0.544. The fourth-order valence-corrected chi connectivity index (χ4v) is 5.95. The van der Waals surface area contributed by atoms with Crippen LogP contribution < -0.4 is 9.47 Å². The Morgan fingerprint density at radius 2 is 1.92 bits per heavy atom. The van der Waals surface area contributed by atoms with E-state index in [1.165, 1.54) is 37.7 Å². The van der Waals surface area contributed by atoms with E-state index in [9.17, 15) is 0 Å². The summed E-state index contributed by atoms with van der Waals surface area (Å²) >= 11 is 6.71. The molecule has 2 fully saturated rings. The summed E-state index contributed by atoms with van der Waals surface area (Å²) in [7, 11) is 3.36. The van der Waals surface area contributed by atoms with E-state index >= 15 is 0 Å². The molecule has 3 heteroatoms. The summed E-state index contributed by atoms with van der Waals surface area (Å²) in [6.07, 6.45) is 7.20. The molecule has 144 valence electrons. The lowest BCUT2D eigenvalue weighted by molar-refractivity contribution is -0.0488. The number of halogens is 1. The highest BCUT2D eigenvalue weighted by atomic mass is 35.5. The number of allylic oxidation sites excluding steroid dienone is 1. The standard InChI is InChI=1S/C23H33ClO2/c1-15-8-7-9-20-22(15,3)11-10-16(2)23(20,4)14-17-12-18(25-5)13-19(26-6)21(17)24/h12-13,16,20H,1,7-11,14H2,2-6H3/t16-,20+,22+,23+/m0/s1. The summed E-state index contributed by atoms with van der Waals surface area (Å²) in [6.45, 7) is 11.8. The van der Waals surface area contributed by atoms with Crippen LogP contribution in [0, 0.1) is 22.7 Å². The fourth-order valence-electron chi connectivity index (χ4n) is 5.70. The molecule has 2 saturated carbocycles. The van der Waals surface area contributed by atoms with Crippen LogP contribution in [0.3, 0.4) is 0 Å². The van der Waals surface area contributed by atoms with Crippen LogP contribution >= 0.6 is 11.6 Å². The Morgan fingerprint density at radius 3 is 2.58 bits per heavy atom. The van der Waals surface area contributed by atoms with Gasteiger partial charge in [-0.3, -0.25) is 0 Å². The van der Waals surface area contributed by atoms with Crippen molar-refractivity contribution in [3.05, 3.63) is 34.9 Å². The Bertz CT molecular complexity index is 698. The average molecular weight is 377 g/mol. The number of hydrogen-bond acceptors (Lipinski definition) is 2. The zero-order valence-electron chi connectivity index (χ0n) is 17.0. The largest absolute Gasteiger partial charge is 0.497 e. The summed E-state index contributed by atoms with van der Waals surface area (Å²) in [4.78, 5) is 0. The molecule has 0 saturated heterocycles. The maximum Gasteiger partial charge on any atom is 0.141 e. The molecule has 0 heterocycles. The van der Waals surface area contributed by atoms with Crippen molar-refractivity contribution in [2.24, 2.45) is 22.7 Å². The number of benzene rings is 1. The molecule has 0 amide bonds. The first-order chi connectivity index (χ1) is 12.3. The zero-order chi connectivity index (χ0) is 19.1. The van der Waals surface area contributed by atoms with E-state index < -0.39 is 0 Å². The molecule has 2 aliphatic carbocycles. The van der Waals surface area contributed by atoms with Crippen molar-refractivity contribution in [3.63, 3.8) is 0 Å². The molecule has 0 aromatic heterocycles. The van der Waals surface area contributed by atoms with Crippen molar-refractivity contribution < 1.29 is 9.47 Å². The van der Waals surface area contributed by atoms with Gasteiger partial charge in [0.25, 0.3) is 0 Å². The van der Waals surface area contributed by atoms with Crippen molar-refractivity contribution in [3.8, 4) is 11.5 Å². The van der Waals surface area contributed by atoms with Gasteiger partial charge in [0, 0.05) is 6.07 Å². The highest BCUT2D eigenvalue weighted by Crippen LogP contribution is 2.62. The third-order valence-corrected chi connectivity index (χ3v) is 8.11. The van der Waals surface area contributed by atoms with Crippen molar-refractivity contribution in [1.82, 2.24) is 0 Å². The molecule has 0 bridgehead atoms. The molecular weight excluding hydrogens is 344 g/mol. The van der Waals surface area contributed by atoms with Gasteiger partial charge in [-0.2, -0.15) is 0 Å². The lowest BCUT2D eigenvalue weighted by Crippen LogP contribution is -2.51. The van der Waals surface area contributed by atoms with Crippen LogP contribution in [0.4, 0.5) is 0 Å². The molecule has 26 heavy (non-hydrogen) atoms. The molecule has 4 atom stereocenters. The Morgan fingerprint density at radius 1 is 1.19 bits per heavy atom. The molecule has 3 rings (SSSR count). The first-order valence-electron chi connectivity index (χ1n) is 9.85. The van der Waals surface area contributed by atoms with Gasteiger partial charge in [-0.1, -0.05) is 44.5 Å². The van der Waals surface area contributed by atoms with E-state index in [-0.39, 0.29) is 10.8 Å². The highest BCUT2D eigenvalue weighted by molar-refractivity contribution is 6.32. The molecule has 0 aliphatic heterocycles. The van der Waals surface area contributed by atoms with Gasteiger partial charge in [0.15, 0.2) is 0 Å². The Hall–Kier alpha value is -1.15. The first kappa shape index (κ1) is 19.6. The van der Waals surface area contributed by atoms with E-state index in [0.29, 0.717) is 17.6 Å². The summed E-state index contributed by atoms with van der Waals surface area (Å²) < 4.78 is 11.0. The van der Waals surface area contributed by atoms with Crippen LogP contribution in [-0.4, -0.2) is 14.2 Å². The van der Waals surface area contributed by atoms with Crippen LogP contribution in [0.25, 0.3) is 0 Å². The molecule has 0 spiro atoms. The molecule has 0 N–H and O–H groups in total. The first-order valence-corrected chi connectivity index (χ1v) is 10.2. The third-order valence-electron chi connectivity index (χ3n) is 7.68. The Labute approximate surface area is 163 Å². The molecule has 1 aromatic rings. The molecule has 0 unspecified atom stereocenters. The van der Waals surface area contributed by atoms with Gasteiger partial charge in [0.05, 0.1) is 19.2 Å². The summed E-state index contributed by atoms with van der Waals surface area (Å²) in [5, 5.41) is 0.726. The average Bonchev–Trinajstić information content (AvgIpc) is 2.62. The number of fused-ring (bicyclic) bond motifs is 1. The number of rotatable bonds is 4. The van der Waals surface area contributed by atoms with Crippen LogP contribution in [0.1, 0.15) is 58.4 Å². The Balaban J connectivity index is 2.03. The van der Waals surface area contributed by atoms with Gasteiger partial charge in [0.2, 0.25) is 0 Å². The van der Waals surface area contributed by atoms with Gasteiger partial charge < -0.3 is 9.47 Å². The van der Waals surface area contributed by atoms with Crippen molar-refractivity contribution in [2.75, 3.05) is 14.2 Å². The van der Waals surface area contributed by atoms with E-state index in [1.807, 2.05) is 6.07 Å². The molecule has 1 aromatic carbocycles. The van der Waals surface area contributed by atoms with Gasteiger partial charge in [0.1, 0.15) is 11.5 Å². The van der Waals surface area contributed by atoms with Gasteiger partial charge in [-0.05, 0) is 72.8 Å². The molecule has 2 aliphatic rings. The summed E-state index contributed by atoms with van der Waals surface area (Å²) in [5.74, 6) is 2.81. The topological polar surface area (TPSA) is 18.5 Å². The summed E-state index contributed by atoms with van der Waals surface area (Å²) in [5.41, 5.74) is 3.05. The van der Waals surface area contributed by atoms with Crippen LogP contribution in [0.2, 0.25) is 5.02 Å². The van der Waals surface area contributed by atoms with Crippen molar-refractivity contribution in [1.29, 1.82) is 0 Å². The highest BCUT2D eigenvalue weighted by Gasteiger charge is 2.54. The maximum atomic E-state index is 6.71. The minimum atomic E-state index is 0.192. The predicted molar refractivity (Wildman–Crippen MR) is 109 cm³/mol. The Kier molecular flexibility index (Phi) is 5.36. The summed E-state index contributed by atoms with van der Waals surface area (Å²) in [6, 6.07) is 3.96. The van der Waals surface area contributed by atoms with Gasteiger partial charge in [-0.15, -0.1) is 0 Å². The van der Waals surface area contributed by atoms with E-state index in [0.717, 1.165) is 22.8 Å². The zero-order valence-corrected chi connectivity index (χ0v) is 17.7. The number of methoxy groups -OCH3 is 2. The van der Waals surface area contributed by atoms with E-state index in [2.05, 4.69) is 33.4 Å². The van der Waals surface area contributed by atoms with Crippen molar-refractivity contribution >= 4 is 11.6 Å². The van der Waals surface area contributed by atoms with E-state index in [4.69, 9.17) is 21.1 Å². The van der Waals surface area contributed by atoms with Crippen molar-refractivity contribution in [2.45, 2.75) is 59.3 Å². The smallest absolute Gasteiger partial charge is 0.141 e. The molecule has 2 nitrogen and oxygen atoms in total. The second-order valence-corrected chi connectivity index (χ2v) is 9.27. The predicted octanol–water partition coefficient (Wildman–Crippen LogP) is 6.70. The van der Waals surface area contributed by atoms with E-state index in [1.54, 1.807) is 14.2 Å². The lowest BCUT2D eigenvalue weighted by Gasteiger charge is -2.59. The third kappa shape index (κ3) is 3.05. The number of ether oxygens (including phenoxy) is 2. The normalized spacial score (nSPS) is 34.3. The molecular formula is C23H33ClO2. The minimum Gasteiger partial charge on any atom is -0.497 e. The maximum absolute atomic E-state index is 6.71. The van der Waals surface area contributed by atoms with Gasteiger partial charge >= 0.3 is 0 Å². The van der Waals surface area contributed by atoms with Crippen LogP contribution in [0.5, 0.6) is 11.5 Å². The van der Waals surface area contributed by atoms with Gasteiger partial charge in [-0.25, -0.2) is 0 Å². The fraction of sp³-hybridized carbons (Fsp3) is 0.652. The van der Waals surface area contributed by atoms with Crippen LogP contribution in [0.15, 0.2) is 24.3 Å². The second-order valence-electron chi connectivity index (χ2n) is 8.89. The van der Waals surface area contributed by atoms with Crippen LogP contribution in [-0.2, 0) is 6.42 Å². The minimum absolute atomic E-state index is 0.192. The second kappa shape index (κ2) is 7.11. The number of hydrogen-bond donors (Lipinski definition) is 0. The lowest BCUT2D eigenvalue weighted by atomic mass is 9.46. The monoisotopic (exact) mass is 376 g/mol.